The SMILES string of the molecule is Cc1cc(SCCNCCCS(=O)(=O)c2ccc(F)cc2)ccc1OCC(=O)O. The van der Waals surface area contributed by atoms with Crippen molar-refractivity contribution in [1.29, 1.82) is 0 Å². The van der Waals surface area contributed by atoms with E-state index in [2.05, 4.69) is 5.32 Å². The molecule has 0 saturated carbocycles. The zero-order valence-corrected chi connectivity index (χ0v) is 17.7. The molecule has 0 bridgehead atoms. The van der Waals surface area contributed by atoms with E-state index in [1.54, 1.807) is 17.8 Å². The van der Waals surface area contributed by atoms with Crippen LogP contribution in [0.25, 0.3) is 0 Å². The van der Waals surface area contributed by atoms with Gasteiger partial charge in [0.05, 0.1) is 10.6 Å². The second-order valence-corrected chi connectivity index (χ2v) is 9.61. The van der Waals surface area contributed by atoms with Crippen molar-refractivity contribution in [3.8, 4) is 5.75 Å². The normalized spacial score (nSPS) is 11.4. The Balaban J connectivity index is 1.65. The Morgan fingerprint density at radius 1 is 1.17 bits per heavy atom. The van der Waals surface area contributed by atoms with Crippen LogP contribution in [-0.4, -0.2) is 50.7 Å². The molecule has 0 radical (unpaired) electrons. The highest BCUT2D eigenvalue weighted by Gasteiger charge is 2.13. The molecule has 0 aliphatic heterocycles. The first-order valence-electron chi connectivity index (χ1n) is 9.05. The lowest BCUT2D eigenvalue weighted by Gasteiger charge is -2.09. The lowest BCUT2D eigenvalue weighted by Crippen LogP contribution is -2.21. The van der Waals surface area contributed by atoms with Crippen LogP contribution >= 0.6 is 11.8 Å². The monoisotopic (exact) mass is 441 g/mol. The molecule has 0 fully saturated rings. The van der Waals surface area contributed by atoms with E-state index in [1.165, 1.54) is 12.1 Å². The molecule has 0 aliphatic carbocycles. The number of carboxylic acid groups (broad SMARTS) is 1. The third-order valence-corrected chi connectivity index (χ3v) is 6.80. The molecule has 9 heteroatoms. The van der Waals surface area contributed by atoms with E-state index in [1.807, 2.05) is 19.1 Å². The predicted octanol–water partition coefficient (Wildman–Crippen LogP) is 3.14. The molecule has 0 unspecified atom stereocenters. The van der Waals surface area contributed by atoms with E-state index >= 15 is 0 Å². The molecule has 0 aromatic heterocycles. The van der Waals surface area contributed by atoms with Gasteiger partial charge in [-0.15, -0.1) is 11.8 Å². The molecule has 2 N–H and O–H groups in total. The lowest BCUT2D eigenvalue weighted by molar-refractivity contribution is -0.139. The van der Waals surface area contributed by atoms with Gasteiger partial charge in [-0.3, -0.25) is 0 Å². The van der Waals surface area contributed by atoms with Crippen LogP contribution in [0.1, 0.15) is 12.0 Å². The number of aryl methyl sites for hydroxylation is 1. The number of sulfone groups is 1. The van der Waals surface area contributed by atoms with Crippen LogP contribution in [0.4, 0.5) is 4.39 Å². The van der Waals surface area contributed by atoms with Crippen molar-refractivity contribution in [3.05, 3.63) is 53.8 Å². The largest absolute Gasteiger partial charge is 0.482 e. The molecule has 0 aliphatic rings. The first-order valence-corrected chi connectivity index (χ1v) is 11.7. The highest BCUT2D eigenvalue weighted by Crippen LogP contribution is 2.25. The Morgan fingerprint density at radius 3 is 2.55 bits per heavy atom. The summed E-state index contributed by atoms with van der Waals surface area (Å²) in [6, 6.07) is 10.4. The van der Waals surface area contributed by atoms with Crippen molar-refractivity contribution in [3.63, 3.8) is 0 Å². The summed E-state index contributed by atoms with van der Waals surface area (Å²) in [4.78, 5) is 11.7. The Bertz CT molecular complexity index is 917. The standard InChI is InChI=1S/C20H24FNO5S2/c1-15-13-17(5-8-19(15)27-14-20(23)24)28-11-10-22-9-2-12-29(25,26)18-6-3-16(21)4-7-18/h3-8,13,22H,2,9-12,14H2,1H3,(H,23,24). The van der Waals surface area contributed by atoms with E-state index in [0.29, 0.717) is 18.7 Å². The first-order chi connectivity index (χ1) is 13.8. The number of ether oxygens (including phenoxy) is 1. The molecule has 0 spiro atoms. The fraction of sp³-hybridized carbons (Fsp3) is 0.350. The molecule has 0 atom stereocenters. The van der Waals surface area contributed by atoms with Crippen molar-refractivity contribution in [2.75, 3.05) is 31.2 Å². The maximum atomic E-state index is 12.9. The van der Waals surface area contributed by atoms with E-state index in [0.717, 1.165) is 34.9 Å². The van der Waals surface area contributed by atoms with Gasteiger partial charge >= 0.3 is 5.97 Å². The summed E-state index contributed by atoms with van der Waals surface area (Å²) < 4.78 is 42.4. The van der Waals surface area contributed by atoms with Crippen LogP contribution in [-0.2, 0) is 14.6 Å². The van der Waals surface area contributed by atoms with Crippen molar-refractivity contribution < 1.29 is 27.4 Å². The highest BCUT2D eigenvalue weighted by atomic mass is 32.2. The van der Waals surface area contributed by atoms with Gasteiger partial charge in [0, 0.05) is 17.2 Å². The number of rotatable bonds is 12. The fourth-order valence-corrected chi connectivity index (χ4v) is 4.74. The summed E-state index contributed by atoms with van der Waals surface area (Å²) in [5, 5.41) is 11.9. The zero-order valence-electron chi connectivity index (χ0n) is 16.1. The summed E-state index contributed by atoms with van der Waals surface area (Å²) in [5.41, 5.74) is 0.871. The van der Waals surface area contributed by atoms with Gasteiger partial charge in [0.25, 0.3) is 0 Å². The summed E-state index contributed by atoms with van der Waals surface area (Å²) in [6.07, 6.45) is 0.471. The summed E-state index contributed by atoms with van der Waals surface area (Å²) >= 11 is 1.64. The Kier molecular flexibility index (Phi) is 8.94. The summed E-state index contributed by atoms with van der Waals surface area (Å²) in [5.74, 6) is -0.104. The van der Waals surface area contributed by atoms with Crippen molar-refractivity contribution in [2.24, 2.45) is 0 Å². The minimum atomic E-state index is -3.39. The van der Waals surface area contributed by atoms with Gasteiger partial charge in [-0.2, -0.15) is 0 Å². The molecule has 2 aromatic carbocycles. The van der Waals surface area contributed by atoms with Crippen LogP contribution in [0.2, 0.25) is 0 Å². The fourth-order valence-electron chi connectivity index (χ4n) is 2.53. The maximum absolute atomic E-state index is 12.9. The van der Waals surface area contributed by atoms with Gasteiger partial charge in [0.15, 0.2) is 16.4 Å². The number of aliphatic carboxylic acids is 1. The lowest BCUT2D eigenvalue weighted by atomic mass is 10.2. The molecule has 0 saturated heterocycles. The number of carbonyl (C=O) groups is 1. The van der Waals surface area contributed by atoms with Gasteiger partial charge in [-0.05, 0) is 67.9 Å². The van der Waals surface area contributed by atoms with Crippen LogP contribution in [0.15, 0.2) is 52.3 Å². The molecular weight excluding hydrogens is 417 g/mol. The minimum absolute atomic E-state index is 0.00970. The molecule has 29 heavy (non-hydrogen) atoms. The van der Waals surface area contributed by atoms with E-state index in [-0.39, 0.29) is 17.3 Å². The van der Waals surface area contributed by atoms with E-state index in [9.17, 15) is 17.6 Å². The van der Waals surface area contributed by atoms with Crippen molar-refractivity contribution in [2.45, 2.75) is 23.1 Å². The molecular formula is C20H24FNO5S2. The number of hydrogen-bond donors (Lipinski definition) is 2. The van der Waals surface area contributed by atoms with Gasteiger partial charge in [0.1, 0.15) is 11.6 Å². The zero-order chi connectivity index (χ0) is 21.3. The number of halogens is 1. The second-order valence-electron chi connectivity index (χ2n) is 6.33. The second kappa shape index (κ2) is 11.2. The molecule has 0 heterocycles. The average molecular weight is 442 g/mol. The van der Waals surface area contributed by atoms with E-state index < -0.39 is 21.6 Å². The highest BCUT2D eigenvalue weighted by molar-refractivity contribution is 7.99. The van der Waals surface area contributed by atoms with Crippen LogP contribution in [0, 0.1) is 12.7 Å². The van der Waals surface area contributed by atoms with E-state index in [4.69, 9.17) is 9.84 Å². The molecule has 0 amide bonds. The van der Waals surface area contributed by atoms with Crippen molar-refractivity contribution in [1.82, 2.24) is 5.32 Å². The average Bonchev–Trinajstić information content (AvgIpc) is 2.66. The molecule has 2 rings (SSSR count). The Morgan fingerprint density at radius 2 is 1.90 bits per heavy atom. The summed E-state index contributed by atoms with van der Waals surface area (Å²) in [6.45, 7) is 2.79. The molecule has 158 valence electrons. The first kappa shape index (κ1) is 23.2. The van der Waals surface area contributed by atoms with Crippen molar-refractivity contribution >= 4 is 27.6 Å². The van der Waals surface area contributed by atoms with Gasteiger partial charge in [0.2, 0.25) is 0 Å². The Hall–Kier alpha value is -2.10. The quantitative estimate of drug-likeness (QED) is 0.297. The molecule has 2 aromatic rings. The number of benzene rings is 2. The smallest absolute Gasteiger partial charge is 0.341 e. The topological polar surface area (TPSA) is 92.7 Å². The van der Waals surface area contributed by atoms with Gasteiger partial charge < -0.3 is 15.2 Å². The number of hydrogen-bond acceptors (Lipinski definition) is 6. The Labute approximate surface area is 174 Å². The number of carboxylic acids is 1. The van der Waals surface area contributed by atoms with Crippen LogP contribution in [0.5, 0.6) is 5.75 Å². The predicted molar refractivity (Wildman–Crippen MR) is 111 cm³/mol. The third-order valence-electron chi connectivity index (χ3n) is 3.98. The number of thioether (sulfide) groups is 1. The minimum Gasteiger partial charge on any atom is -0.482 e. The van der Waals surface area contributed by atoms with Gasteiger partial charge in [-0.25, -0.2) is 17.6 Å². The third kappa shape index (κ3) is 8.04. The molecule has 6 nitrogen and oxygen atoms in total. The van der Waals surface area contributed by atoms with Gasteiger partial charge in [-0.1, -0.05) is 0 Å². The summed E-state index contributed by atoms with van der Waals surface area (Å²) in [7, 11) is -3.39. The number of nitrogens with one attached hydrogen (secondary N) is 1. The maximum Gasteiger partial charge on any atom is 0.341 e. The van der Waals surface area contributed by atoms with Crippen LogP contribution < -0.4 is 10.1 Å². The van der Waals surface area contributed by atoms with Crippen LogP contribution in [0.3, 0.4) is 0 Å².